The summed E-state index contributed by atoms with van der Waals surface area (Å²) in [6.07, 6.45) is 4.91. The van der Waals surface area contributed by atoms with E-state index in [-0.39, 0.29) is 0 Å². The Bertz CT molecular complexity index is 343. The van der Waals surface area contributed by atoms with Crippen molar-refractivity contribution in [1.29, 1.82) is 0 Å². The summed E-state index contributed by atoms with van der Waals surface area (Å²) in [6.45, 7) is 15.2. The van der Waals surface area contributed by atoms with Gasteiger partial charge >= 0.3 is 0 Å². The predicted molar refractivity (Wildman–Crippen MR) is 77.4 cm³/mol. The lowest BCUT2D eigenvalue weighted by Gasteiger charge is -2.22. The Morgan fingerprint density at radius 1 is 1.06 bits per heavy atom. The molecule has 0 spiro atoms. The van der Waals surface area contributed by atoms with E-state index in [1.807, 2.05) is 0 Å². The van der Waals surface area contributed by atoms with Crippen molar-refractivity contribution in [2.45, 2.75) is 60.3 Å². The molecule has 0 unspecified atom stereocenters. The Kier molecular flexibility index (Phi) is 5.17. The lowest BCUT2D eigenvalue weighted by atomic mass is 9.87. The van der Waals surface area contributed by atoms with Crippen molar-refractivity contribution in [3.05, 3.63) is 23.4 Å². The van der Waals surface area contributed by atoms with Crippen LogP contribution in [0.5, 0.6) is 0 Å². The van der Waals surface area contributed by atoms with Gasteiger partial charge in [0.1, 0.15) is 0 Å². The van der Waals surface area contributed by atoms with Gasteiger partial charge in [-0.25, -0.2) is 0 Å². The third kappa shape index (κ3) is 3.83. The van der Waals surface area contributed by atoms with Crippen LogP contribution < -0.4 is 0 Å². The van der Waals surface area contributed by atoms with Gasteiger partial charge in [0, 0.05) is 11.4 Å². The Balaban J connectivity index is 3.11. The average Bonchev–Trinajstić information content (AvgIpc) is 2.26. The Hall–Kier alpha value is -0.850. The average molecular weight is 233 g/mol. The summed E-state index contributed by atoms with van der Waals surface area (Å²) in [5.41, 5.74) is 5.27. The van der Waals surface area contributed by atoms with E-state index in [0.717, 1.165) is 6.42 Å². The Labute approximate surface area is 107 Å². The second kappa shape index (κ2) is 6.18. The number of hydrogen-bond donors (Lipinski definition) is 0. The van der Waals surface area contributed by atoms with Crippen molar-refractivity contribution in [3.8, 4) is 0 Å². The van der Waals surface area contributed by atoms with Gasteiger partial charge in [0.25, 0.3) is 0 Å². The summed E-state index contributed by atoms with van der Waals surface area (Å²) in [7, 11) is 0. The van der Waals surface area contributed by atoms with E-state index in [9.17, 15) is 0 Å². The number of nitrogens with zero attached hydrogens (tertiary/aromatic N) is 1. The summed E-state index contributed by atoms with van der Waals surface area (Å²) < 4.78 is 0. The molecule has 1 aliphatic carbocycles. The molecule has 0 aromatic carbocycles. The lowest BCUT2D eigenvalue weighted by Crippen LogP contribution is -2.09. The Morgan fingerprint density at radius 3 is 2.12 bits per heavy atom. The predicted octanol–water partition coefficient (Wildman–Crippen LogP) is 5.14. The van der Waals surface area contributed by atoms with Gasteiger partial charge in [-0.15, -0.1) is 0 Å². The minimum atomic E-state index is 0.494. The number of rotatable bonds is 3. The van der Waals surface area contributed by atoms with Crippen molar-refractivity contribution in [2.75, 3.05) is 0 Å². The molecule has 0 aliphatic heterocycles. The van der Waals surface area contributed by atoms with Crippen LogP contribution in [0.4, 0.5) is 0 Å². The van der Waals surface area contributed by atoms with E-state index in [0.29, 0.717) is 11.8 Å². The lowest BCUT2D eigenvalue weighted by molar-refractivity contribution is 0.648. The summed E-state index contributed by atoms with van der Waals surface area (Å²) in [4.78, 5) is 4.89. The van der Waals surface area contributed by atoms with Gasteiger partial charge in [0.2, 0.25) is 0 Å². The highest BCUT2D eigenvalue weighted by Gasteiger charge is 2.17. The summed E-state index contributed by atoms with van der Waals surface area (Å²) in [6, 6.07) is 0. The zero-order chi connectivity index (χ0) is 13.0. The molecule has 1 heteroatoms. The quantitative estimate of drug-likeness (QED) is 0.598. The smallest absolute Gasteiger partial charge is 0.0462 e. The SMILES string of the molecule is C=C1CCCC/C1=C(/N=C(\C)C(C)C)C(C)C. The maximum absolute atomic E-state index is 4.89. The van der Waals surface area contributed by atoms with Gasteiger partial charge in [-0.1, -0.05) is 39.8 Å². The third-order valence-corrected chi connectivity index (χ3v) is 3.57. The molecule has 0 atom stereocenters. The second-order valence-electron chi connectivity index (χ2n) is 5.74. The van der Waals surface area contributed by atoms with Crippen LogP contribution in [0.15, 0.2) is 28.4 Å². The monoisotopic (exact) mass is 233 g/mol. The van der Waals surface area contributed by atoms with Crippen LogP contribution in [0.1, 0.15) is 60.3 Å². The molecule has 0 radical (unpaired) electrons. The molecule has 0 N–H and O–H groups in total. The summed E-state index contributed by atoms with van der Waals surface area (Å²) >= 11 is 0. The molecule has 0 aromatic rings. The van der Waals surface area contributed by atoms with Gasteiger partial charge < -0.3 is 0 Å². The van der Waals surface area contributed by atoms with Crippen molar-refractivity contribution in [2.24, 2.45) is 16.8 Å². The standard InChI is InChI=1S/C16H27N/c1-11(2)14(6)17-16(12(3)4)15-10-8-7-9-13(15)5/h11-12H,5,7-10H2,1-4,6H3/b16-15-,17-14+. The van der Waals surface area contributed by atoms with E-state index in [1.165, 1.54) is 41.8 Å². The maximum atomic E-state index is 4.89. The fourth-order valence-electron chi connectivity index (χ4n) is 2.14. The van der Waals surface area contributed by atoms with E-state index in [2.05, 4.69) is 41.2 Å². The van der Waals surface area contributed by atoms with E-state index >= 15 is 0 Å². The number of aliphatic imine (C=N–C) groups is 1. The highest BCUT2D eigenvalue weighted by molar-refractivity contribution is 5.84. The highest BCUT2D eigenvalue weighted by atomic mass is 14.8. The third-order valence-electron chi connectivity index (χ3n) is 3.57. The molecule has 0 saturated heterocycles. The fraction of sp³-hybridized carbons (Fsp3) is 0.688. The van der Waals surface area contributed by atoms with E-state index < -0.39 is 0 Å². The molecule has 0 amide bonds. The van der Waals surface area contributed by atoms with Crippen LogP contribution in [-0.4, -0.2) is 5.71 Å². The Morgan fingerprint density at radius 2 is 1.65 bits per heavy atom. The normalized spacial score (nSPS) is 21.4. The largest absolute Gasteiger partial charge is 0.262 e. The van der Waals surface area contributed by atoms with Crippen LogP contribution in [0.2, 0.25) is 0 Å². The maximum Gasteiger partial charge on any atom is 0.0462 e. The zero-order valence-corrected chi connectivity index (χ0v) is 12.1. The molecular weight excluding hydrogens is 206 g/mol. The summed E-state index contributed by atoms with van der Waals surface area (Å²) in [5, 5.41) is 0. The first kappa shape index (κ1) is 14.2. The molecule has 96 valence electrons. The van der Waals surface area contributed by atoms with E-state index in [1.54, 1.807) is 0 Å². The fourth-order valence-corrected chi connectivity index (χ4v) is 2.14. The zero-order valence-electron chi connectivity index (χ0n) is 12.1. The van der Waals surface area contributed by atoms with Crippen molar-refractivity contribution >= 4 is 5.71 Å². The van der Waals surface area contributed by atoms with Crippen LogP contribution in [0, 0.1) is 11.8 Å². The van der Waals surface area contributed by atoms with Crippen LogP contribution in [-0.2, 0) is 0 Å². The van der Waals surface area contributed by atoms with Crippen LogP contribution in [0.25, 0.3) is 0 Å². The van der Waals surface area contributed by atoms with Gasteiger partial charge in [0.05, 0.1) is 0 Å². The minimum Gasteiger partial charge on any atom is -0.262 e. The first-order chi connectivity index (χ1) is 7.93. The molecule has 1 nitrogen and oxygen atoms in total. The molecule has 1 fully saturated rings. The minimum absolute atomic E-state index is 0.494. The van der Waals surface area contributed by atoms with Crippen molar-refractivity contribution in [3.63, 3.8) is 0 Å². The summed E-state index contributed by atoms with van der Waals surface area (Å²) in [5.74, 6) is 1.02. The molecule has 0 aromatic heterocycles. The number of hydrogen-bond acceptors (Lipinski definition) is 1. The first-order valence-corrected chi connectivity index (χ1v) is 6.89. The number of allylic oxidation sites excluding steroid dienone is 3. The van der Waals surface area contributed by atoms with Gasteiger partial charge in [-0.3, -0.25) is 4.99 Å². The molecule has 1 aliphatic rings. The van der Waals surface area contributed by atoms with E-state index in [4.69, 9.17) is 4.99 Å². The van der Waals surface area contributed by atoms with Crippen LogP contribution >= 0.6 is 0 Å². The van der Waals surface area contributed by atoms with Crippen molar-refractivity contribution in [1.82, 2.24) is 0 Å². The second-order valence-corrected chi connectivity index (χ2v) is 5.74. The highest BCUT2D eigenvalue weighted by Crippen LogP contribution is 2.33. The molecule has 0 heterocycles. The topological polar surface area (TPSA) is 12.4 Å². The first-order valence-electron chi connectivity index (χ1n) is 6.89. The van der Waals surface area contributed by atoms with Gasteiger partial charge in [0.15, 0.2) is 0 Å². The molecular formula is C16H27N. The van der Waals surface area contributed by atoms with Crippen LogP contribution in [0.3, 0.4) is 0 Å². The van der Waals surface area contributed by atoms with Gasteiger partial charge in [-0.2, -0.15) is 0 Å². The van der Waals surface area contributed by atoms with Gasteiger partial charge in [-0.05, 0) is 50.0 Å². The molecule has 1 rings (SSSR count). The van der Waals surface area contributed by atoms with Crippen molar-refractivity contribution < 1.29 is 0 Å². The molecule has 0 bridgehead atoms. The molecule has 1 saturated carbocycles. The molecule has 17 heavy (non-hydrogen) atoms.